The lowest BCUT2D eigenvalue weighted by molar-refractivity contribution is -0.135. The maximum Gasteiger partial charge on any atom is 0.225 e. The number of hydrogen-bond acceptors (Lipinski definition) is 10. The molecule has 38 heavy (non-hydrogen) atoms. The summed E-state index contributed by atoms with van der Waals surface area (Å²) in [5.41, 5.74) is 0.854. The van der Waals surface area contributed by atoms with Crippen molar-refractivity contribution in [3.8, 4) is 5.75 Å². The minimum atomic E-state index is -0.240. The Morgan fingerprint density at radius 2 is 1.61 bits per heavy atom. The molecule has 0 bridgehead atoms. The highest BCUT2D eigenvalue weighted by Gasteiger charge is 2.19. The van der Waals surface area contributed by atoms with Crippen molar-refractivity contribution in [1.82, 2.24) is 14.8 Å². The standard InChI is InChI=1S/C27H47N3O8/c1-3-4-23(2)30(9-14-38-26-19-24(21-31)28-25(20-26)22-32)27(33)5-10-34-15-17-37-18-16-36-13-8-29-6-11-35-12-7-29/h19-20,23,31-32H,3-18,21-22H2,1-2H3. The van der Waals surface area contributed by atoms with E-state index in [0.717, 1.165) is 45.7 Å². The third-order valence-electron chi connectivity index (χ3n) is 6.25. The lowest BCUT2D eigenvalue weighted by Gasteiger charge is -2.29. The second-order valence-electron chi connectivity index (χ2n) is 9.22. The number of amides is 1. The number of ether oxygens (including phenoxy) is 5. The van der Waals surface area contributed by atoms with E-state index < -0.39 is 0 Å². The van der Waals surface area contributed by atoms with Crippen molar-refractivity contribution >= 4 is 5.91 Å². The Bertz CT molecular complexity index is 742. The number of carbonyl (C=O) groups is 1. The number of nitrogens with zero attached hydrogens (tertiary/aromatic N) is 3. The zero-order valence-electron chi connectivity index (χ0n) is 23.1. The van der Waals surface area contributed by atoms with Crippen LogP contribution in [-0.2, 0) is 37.0 Å². The minimum absolute atomic E-state index is 0.0194. The smallest absolute Gasteiger partial charge is 0.225 e. The molecule has 0 spiro atoms. The zero-order valence-corrected chi connectivity index (χ0v) is 23.1. The summed E-state index contributed by atoms with van der Waals surface area (Å²) in [6.07, 6.45) is 2.16. The van der Waals surface area contributed by atoms with Gasteiger partial charge < -0.3 is 38.8 Å². The zero-order chi connectivity index (χ0) is 27.4. The van der Waals surface area contributed by atoms with Gasteiger partial charge in [0.1, 0.15) is 12.4 Å². The van der Waals surface area contributed by atoms with Gasteiger partial charge in [0.15, 0.2) is 0 Å². The maximum absolute atomic E-state index is 12.9. The fraction of sp³-hybridized carbons (Fsp3) is 0.778. The second-order valence-corrected chi connectivity index (χ2v) is 9.22. The van der Waals surface area contributed by atoms with Gasteiger partial charge in [0, 0.05) is 37.8 Å². The Morgan fingerprint density at radius 1 is 1.00 bits per heavy atom. The van der Waals surface area contributed by atoms with Crippen LogP contribution < -0.4 is 4.74 Å². The molecule has 11 heteroatoms. The molecule has 2 rings (SSSR count). The quantitative estimate of drug-likeness (QED) is 0.220. The molecule has 0 saturated carbocycles. The summed E-state index contributed by atoms with van der Waals surface area (Å²) in [7, 11) is 0. The Morgan fingerprint density at radius 3 is 2.21 bits per heavy atom. The number of aromatic nitrogens is 1. The summed E-state index contributed by atoms with van der Waals surface area (Å²) in [4.78, 5) is 21.2. The van der Waals surface area contributed by atoms with Gasteiger partial charge in [0.05, 0.1) is 90.4 Å². The van der Waals surface area contributed by atoms with Crippen LogP contribution in [0.5, 0.6) is 5.75 Å². The molecular weight excluding hydrogens is 494 g/mol. The molecule has 0 aliphatic carbocycles. The maximum atomic E-state index is 12.9. The Hall–Kier alpha value is -1.86. The highest BCUT2D eigenvalue weighted by Crippen LogP contribution is 2.16. The fourth-order valence-corrected chi connectivity index (χ4v) is 4.15. The van der Waals surface area contributed by atoms with Crippen molar-refractivity contribution in [1.29, 1.82) is 0 Å². The van der Waals surface area contributed by atoms with Crippen LogP contribution >= 0.6 is 0 Å². The largest absolute Gasteiger partial charge is 0.492 e. The molecule has 1 aromatic rings. The lowest BCUT2D eigenvalue weighted by atomic mass is 10.1. The number of rotatable bonds is 21. The van der Waals surface area contributed by atoms with E-state index >= 15 is 0 Å². The third kappa shape index (κ3) is 13.3. The van der Waals surface area contributed by atoms with E-state index in [1.165, 1.54) is 0 Å². The van der Waals surface area contributed by atoms with Gasteiger partial charge >= 0.3 is 0 Å². The molecule has 1 aliphatic rings. The highest BCUT2D eigenvalue weighted by molar-refractivity contribution is 5.76. The van der Waals surface area contributed by atoms with Crippen LogP contribution in [0.2, 0.25) is 0 Å². The van der Waals surface area contributed by atoms with E-state index in [4.69, 9.17) is 23.7 Å². The van der Waals surface area contributed by atoms with Crippen LogP contribution in [0.1, 0.15) is 44.5 Å². The fourth-order valence-electron chi connectivity index (χ4n) is 4.15. The van der Waals surface area contributed by atoms with Gasteiger partial charge in [-0.15, -0.1) is 0 Å². The first-order valence-corrected chi connectivity index (χ1v) is 13.7. The van der Waals surface area contributed by atoms with Crippen molar-refractivity contribution in [2.24, 2.45) is 0 Å². The minimum Gasteiger partial charge on any atom is -0.492 e. The van der Waals surface area contributed by atoms with Crippen LogP contribution in [0.25, 0.3) is 0 Å². The predicted octanol–water partition coefficient (Wildman–Crippen LogP) is 1.23. The van der Waals surface area contributed by atoms with Gasteiger partial charge in [-0.05, 0) is 13.3 Å². The first kappa shape index (κ1) is 32.4. The summed E-state index contributed by atoms with van der Waals surface area (Å²) in [5, 5.41) is 18.7. The normalized spacial score (nSPS) is 14.9. The molecule has 2 heterocycles. The van der Waals surface area contributed by atoms with Crippen molar-refractivity contribution in [3.05, 3.63) is 23.5 Å². The van der Waals surface area contributed by atoms with E-state index in [1.54, 1.807) is 12.1 Å². The van der Waals surface area contributed by atoms with Crippen LogP contribution in [0.3, 0.4) is 0 Å². The van der Waals surface area contributed by atoms with Crippen molar-refractivity contribution in [2.75, 3.05) is 85.6 Å². The lowest BCUT2D eigenvalue weighted by Crippen LogP contribution is -2.41. The molecule has 1 unspecified atom stereocenters. The molecule has 0 radical (unpaired) electrons. The molecule has 2 N–H and O–H groups in total. The average molecular weight is 542 g/mol. The Balaban J connectivity index is 1.59. The molecular formula is C27H47N3O8. The monoisotopic (exact) mass is 541 g/mol. The summed E-state index contributed by atoms with van der Waals surface area (Å²) >= 11 is 0. The van der Waals surface area contributed by atoms with Crippen LogP contribution in [-0.4, -0.2) is 123 Å². The average Bonchev–Trinajstić information content (AvgIpc) is 2.94. The predicted molar refractivity (Wildman–Crippen MR) is 142 cm³/mol. The van der Waals surface area contributed by atoms with Gasteiger partial charge in [0.2, 0.25) is 5.91 Å². The van der Waals surface area contributed by atoms with Gasteiger partial charge in [0.25, 0.3) is 0 Å². The van der Waals surface area contributed by atoms with E-state index in [1.807, 2.05) is 11.8 Å². The van der Waals surface area contributed by atoms with Crippen molar-refractivity contribution < 1.29 is 38.7 Å². The topological polar surface area (TPSA) is 123 Å². The summed E-state index contributed by atoms with van der Waals surface area (Å²) < 4.78 is 27.9. The van der Waals surface area contributed by atoms with Crippen LogP contribution in [0.15, 0.2) is 12.1 Å². The number of carbonyl (C=O) groups excluding carboxylic acids is 1. The van der Waals surface area contributed by atoms with E-state index in [2.05, 4.69) is 16.8 Å². The van der Waals surface area contributed by atoms with Gasteiger partial charge in [-0.1, -0.05) is 13.3 Å². The van der Waals surface area contributed by atoms with Gasteiger partial charge in [-0.3, -0.25) is 14.7 Å². The van der Waals surface area contributed by atoms with E-state index in [-0.39, 0.29) is 31.6 Å². The van der Waals surface area contributed by atoms with Gasteiger partial charge in [-0.2, -0.15) is 0 Å². The molecule has 1 fully saturated rings. The number of aliphatic hydroxyl groups is 2. The van der Waals surface area contributed by atoms with E-state index in [0.29, 0.717) is 69.9 Å². The molecule has 218 valence electrons. The van der Waals surface area contributed by atoms with Crippen LogP contribution in [0.4, 0.5) is 0 Å². The van der Waals surface area contributed by atoms with Crippen molar-refractivity contribution in [2.45, 2.75) is 52.4 Å². The number of hydrogen-bond donors (Lipinski definition) is 2. The summed E-state index contributed by atoms with van der Waals surface area (Å²) in [5.74, 6) is 0.528. The van der Waals surface area contributed by atoms with Gasteiger partial charge in [-0.25, -0.2) is 0 Å². The molecule has 1 aliphatic heterocycles. The Kier molecular flexibility index (Phi) is 17.1. The summed E-state index contributed by atoms with van der Waals surface area (Å²) in [6, 6.07) is 3.35. The first-order valence-electron chi connectivity index (χ1n) is 13.7. The number of morpholine rings is 1. The molecule has 1 atom stereocenters. The van der Waals surface area contributed by atoms with E-state index in [9.17, 15) is 15.0 Å². The molecule has 1 amide bonds. The highest BCUT2D eigenvalue weighted by atomic mass is 16.5. The first-order chi connectivity index (χ1) is 18.6. The second kappa shape index (κ2) is 20.1. The number of pyridine rings is 1. The summed E-state index contributed by atoms with van der Waals surface area (Å²) in [6.45, 7) is 11.8. The molecule has 0 aromatic carbocycles. The van der Waals surface area contributed by atoms with Crippen LogP contribution in [0, 0.1) is 0 Å². The number of aliphatic hydroxyl groups excluding tert-OH is 2. The van der Waals surface area contributed by atoms with Crippen molar-refractivity contribution in [3.63, 3.8) is 0 Å². The molecule has 1 aromatic heterocycles. The third-order valence-corrected chi connectivity index (χ3v) is 6.25. The Labute approximate surface area is 227 Å². The molecule has 11 nitrogen and oxygen atoms in total. The molecule has 1 saturated heterocycles. The SMILES string of the molecule is CCCC(C)N(CCOc1cc(CO)nc(CO)c1)C(=O)CCOCCOCCOCCN1CCOCC1.